The Morgan fingerprint density at radius 2 is 2.11 bits per heavy atom. The minimum atomic E-state index is -0.549. The third kappa shape index (κ3) is 3.43. The molecule has 100 valence electrons. The second-order valence-electron chi connectivity index (χ2n) is 5.00. The van der Waals surface area contributed by atoms with Gasteiger partial charge in [-0.05, 0) is 31.9 Å². The lowest BCUT2D eigenvalue weighted by Gasteiger charge is -2.27. The summed E-state index contributed by atoms with van der Waals surface area (Å²) >= 11 is 0. The first kappa shape index (κ1) is 13.3. The van der Waals surface area contributed by atoms with Crippen LogP contribution in [0.15, 0.2) is 18.2 Å². The van der Waals surface area contributed by atoms with E-state index in [-0.39, 0.29) is 5.75 Å². The molecular formula is C14H20FNO2. The zero-order valence-electron chi connectivity index (χ0n) is 10.7. The lowest BCUT2D eigenvalue weighted by atomic mass is 9.99. The highest BCUT2D eigenvalue weighted by atomic mass is 19.1. The van der Waals surface area contributed by atoms with Gasteiger partial charge in [-0.25, -0.2) is 4.39 Å². The number of phenols is 1. The van der Waals surface area contributed by atoms with Crippen molar-refractivity contribution in [2.75, 3.05) is 26.8 Å². The van der Waals surface area contributed by atoms with Crippen LogP contribution >= 0.6 is 0 Å². The third-order valence-corrected chi connectivity index (χ3v) is 3.42. The van der Waals surface area contributed by atoms with E-state index in [0.717, 1.165) is 32.6 Å². The van der Waals surface area contributed by atoms with E-state index in [2.05, 4.69) is 4.90 Å². The average Bonchev–Trinajstić information content (AvgIpc) is 2.36. The fraction of sp³-hybridized carbons (Fsp3) is 0.571. The molecule has 4 heteroatoms. The van der Waals surface area contributed by atoms with Crippen LogP contribution in [0.2, 0.25) is 0 Å². The molecule has 0 unspecified atom stereocenters. The quantitative estimate of drug-likeness (QED) is 0.894. The fourth-order valence-corrected chi connectivity index (χ4v) is 2.41. The molecule has 18 heavy (non-hydrogen) atoms. The number of hydrogen-bond acceptors (Lipinski definition) is 3. The van der Waals surface area contributed by atoms with Crippen LogP contribution in [0.25, 0.3) is 0 Å². The summed E-state index contributed by atoms with van der Waals surface area (Å²) in [5.41, 5.74) is 0.643. The molecule has 1 aromatic carbocycles. The van der Waals surface area contributed by atoms with Crippen LogP contribution in [-0.4, -0.2) is 36.8 Å². The minimum absolute atomic E-state index is 0.226. The van der Waals surface area contributed by atoms with E-state index < -0.39 is 5.82 Å². The molecule has 0 aromatic heterocycles. The van der Waals surface area contributed by atoms with Crippen LogP contribution in [0.4, 0.5) is 4.39 Å². The first-order valence-corrected chi connectivity index (χ1v) is 6.39. The molecule has 1 aromatic rings. The van der Waals surface area contributed by atoms with Gasteiger partial charge in [-0.1, -0.05) is 12.1 Å². The standard InChI is InChI=1S/C14H20FNO2/c1-16(9-11-5-7-18-8-6-11)10-12-3-2-4-13(15)14(12)17/h2-4,11,17H,5-10H2,1H3. The monoisotopic (exact) mass is 253 g/mol. The number of nitrogens with zero attached hydrogens (tertiary/aromatic N) is 1. The molecule has 1 aliphatic heterocycles. The van der Waals surface area contributed by atoms with Crippen LogP contribution in [0, 0.1) is 11.7 Å². The molecule has 0 saturated carbocycles. The van der Waals surface area contributed by atoms with Gasteiger partial charge in [0.15, 0.2) is 11.6 Å². The van der Waals surface area contributed by atoms with Crippen molar-refractivity contribution in [2.24, 2.45) is 5.92 Å². The largest absolute Gasteiger partial charge is 0.505 e. The number of ether oxygens (including phenoxy) is 1. The Bertz CT molecular complexity index is 391. The topological polar surface area (TPSA) is 32.7 Å². The van der Waals surface area contributed by atoms with Gasteiger partial charge in [-0.2, -0.15) is 0 Å². The summed E-state index contributed by atoms with van der Waals surface area (Å²) in [7, 11) is 2.00. The number of halogens is 1. The van der Waals surface area contributed by atoms with Crippen LogP contribution in [-0.2, 0) is 11.3 Å². The van der Waals surface area contributed by atoms with Gasteiger partial charge in [-0.15, -0.1) is 0 Å². The summed E-state index contributed by atoms with van der Waals surface area (Å²) in [6, 6.07) is 4.67. The summed E-state index contributed by atoms with van der Waals surface area (Å²) in [5.74, 6) is -0.136. The highest BCUT2D eigenvalue weighted by Gasteiger charge is 2.16. The molecule has 0 atom stereocenters. The van der Waals surface area contributed by atoms with E-state index in [1.807, 2.05) is 7.05 Å². The number of para-hydroxylation sites is 1. The zero-order chi connectivity index (χ0) is 13.0. The van der Waals surface area contributed by atoms with Crippen LogP contribution in [0.1, 0.15) is 18.4 Å². The second kappa shape index (κ2) is 6.16. The smallest absolute Gasteiger partial charge is 0.165 e. The maximum absolute atomic E-state index is 13.2. The first-order valence-electron chi connectivity index (χ1n) is 6.39. The second-order valence-corrected chi connectivity index (χ2v) is 5.00. The fourth-order valence-electron chi connectivity index (χ4n) is 2.41. The molecule has 0 aliphatic carbocycles. The van der Waals surface area contributed by atoms with Crippen molar-refractivity contribution in [2.45, 2.75) is 19.4 Å². The summed E-state index contributed by atoms with van der Waals surface area (Å²) in [4.78, 5) is 2.13. The Morgan fingerprint density at radius 3 is 2.83 bits per heavy atom. The zero-order valence-corrected chi connectivity index (χ0v) is 10.7. The Kier molecular flexibility index (Phi) is 4.55. The van der Waals surface area contributed by atoms with Gasteiger partial charge in [0.1, 0.15) is 0 Å². The number of rotatable bonds is 4. The highest BCUT2D eigenvalue weighted by molar-refractivity contribution is 5.33. The SMILES string of the molecule is CN(Cc1cccc(F)c1O)CC1CCOCC1. The lowest BCUT2D eigenvalue weighted by molar-refractivity contribution is 0.0549. The molecule has 0 radical (unpaired) electrons. The maximum atomic E-state index is 13.2. The van der Waals surface area contributed by atoms with Gasteiger partial charge in [0.05, 0.1) is 0 Å². The van der Waals surface area contributed by atoms with Crippen molar-refractivity contribution in [1.82, 2.24) is 4.90 Å². The predicted octanol–water partition coefficient (Wildman–Crippen LogP) is 2.39. The van der Waals surface area contributed by atoms with E-state index in [1.165, 1.54) is 6.07 Å². The van der Waals surface area contributed by atoms with Gasteiger partial charge in [0.25, 0.3) is 0 Å². The van der Waals surface area contributed by atoms with Crippen molar-refractivity contribution >= 4 is 0 Å². The Labute approximate surface area is 107 Å². The molecule has 0 spiro atoms. The molecule has 1 fully saturated rings. The van der Waals surface area contributed by atoms with Gasteiger partial charge in [0, 0.05) is 31.9 Å². The van der Waals surface area contributed by atoms with E-state index in [1.54, 1.807) is 12.1 Å². The normalized spacial score (nSPS) is 17.3. The van der Waals surface area contributed by atoms with Crippen molar-refractivity contribution in [3.8, 4) is 5.75 Å². The molecule has 0 amide bonds. The summed E-state index contributed by atoms with van der Waals surface area (Å²) in [6.45, 7) is 3.20. The maximum Gasteiger partial charge on any atom is 0.165 e. The Morgan fingerprint density at radius 1 is 1.39 bits per heavy atom. The van der Waals surface area contributed by atoms with Crippen molar-refractivity contribution < 1.29 is 14.2 Å². The minimum Gasteiger partial charge on any atom is -0.505 e. The Hall–Kier alpha value is -1.13. The van der Waals surface area contributed by atoms with Gasteiger partial charge >= 0.3 is 0 Å². The molecule has 1 aliphatic rings. The summed E-state index contributed by atoms with van der Waals surface area (Å²) in [6.07, 6.45) is 2.17. The third-order valence-electron chi connectivity index (χ3n) is 3.42. The lowest BCUT2D eigenvalue weighted by Crippen LogP contribution is -2.29. The van der Waals surface area contributed by atoms with E-state index in [0.29, 0.717) is 18.0 Å². The summed E-state index contributed by atoms with van der Waals surface area (Å²) in [5, 5.41) is 9.63. The van der Waals surface area contributed by atoms with Crippen molar-refractivity contribution in [1.29, 1.82) is 0 Å². The van der Waals surface area contributed by atoms with Crippen LogP contribution in [0.5, 0.6) is 5.75 Å². The molecule has 1 saturated heterocycles. The summed E-state index contributed by atoms with van der Waals surface area (Å²) < 4.78 is 18.5. The number of phenolic OH excluding ortho intramolecular Hbond substituents is 1. The number of aromatic hydroxyl groups is 1. The number of benzene rings is 1. The van der Waals surface area contributed by atoms with Crippen molar-refractivity contribution in [3.63, 3.8) is 0 Å². The van der Waals surface area contributed by atoms with Gasteiger partial charge < -0.3 is 14.7 Å². The molecule has 0 bridgehead atoms. The van der Waals surface area contributed by atoms with E-state index in [9.17, 15) is 9.50 Å². The molecular weight excluding hydrogens is 233 g/mol. The highest BCUT2D eigenvalue weighted by Crippen LogP contribution is 2.23. The van der Waals surface area contributed by atoms with Crippen molar-refractivity contribution in [3.05, 3.63) is 29.6 Å². The molecule has 2 rings (SSSR count). The molecule has 1 heterocycles. The van der Waals surface area contributed by atoms with E-state index in [4.69, 9.17) is 4.74 Å². The average molecular weight is 253 g/mol. The first-order chi connectivity index (χ1) is 8.66. The van der Waals surface area contributed by atoms with Gasteiger partial charge in [-0.3, -0.25) is 0 Å². The van der Waals surface area contributed by atoms with E-state index >= 15 is 0 Å². The van der Waals surface area contributed by atoms with Crippen LogP contribution in [0.3, 0.4) is 0 Å². The predicted molar refractivity (Wildman–Crippen MR) is 67.9 cm³/mol. The molecule has 1 N–H and O–H groups in total. The van der Waals surface area contributed by atoms with Crippen LogP contribution < -0.4 is 0 Å². The Balaban J connectivity index is 1.90. The molecule has 3 nitrogen and oxygen atoms in total. The number of hydrogen-bond donors (Lipinski definition) is 1. The van der Waals surface area contributed by atoms with Gasteiger partial charge in [0.2, 0.25) is 0 Å².